The summed E-state index contributed by atoms with van der Waals surface area (Å²) in [4.78, 5) is 14.6. The zero-order chi connectivity index (χ0) is 15.4. The van der Waals surface area contributed by atoms with Gasteiger partial charge in [0.15, 0.2) is 5.78 Å². The van der Waals surface area contributed by atoms with Crippen LogP contribution in [0.5, 0.6) is 0 Å². The molecule has 4 heteroatoms. The summed E-state index contributed by atoms with van der Waals surface area (Å²) in [6, 6.07) is 9.82. The van der Waals surface area contributed by atoms with Gasteiger partial charge in [0.25, 0.3) is 0 Å². The molecule has 0 atom stereocenters. The van der Waals surface area contributed by atoms with Crippen molar-refractivity contribution in [3.63, 3.8) is 0 Å². The fourth-order valence-electron chi connectivity index (χ4n) is 2.79. The Morgan fingerprint density at radius 3 is 2.45 bits per heavy atom. The highest BCUT2D eigenvalue weighted by Gasteiger charge is 2.11. The lowest BCUT2D eigenvalue weighted by atomic mass is 10.1. The Morgan fingerprint density at radius 1 is 1.09 bits per heavy atom. The summed E-state index contributed by atoms with van der Waals surface area (Å²) in [5.41, 5.74) is 2.85. The number of nitrogens with zero attached hydrogens (tertiary/aromatic N) is 3. The average molecular weight is 295 g/mol. The van der Waals surface area contributed by atoms with Gasteiger partial charge in [0.05, 0.1) is 5.69 Å². The second kappa shape index (κ2) is 6.60. The summed E-state index contributed by atoms with van der Waals surface area (Å²) in [7, 11) is 1.86. The summed E-state index contributed by atoms with van der Waals surface area (Å²) in [5.74, 6) is 0.0198. The molecule has 1 aliphatic heterocycles. The summed E-state index contributed by atoms with van der Waals surface area (Å²) < 4.78 is 1.74. The van der Waals surface area contributed by atoms with Crippen molar-refractivity contribution < 1.29 is 4.79 Å². The van der Waals surface area contributed by atoms with Gasteiger partial charge in [0.1, 0.15) is 0 Å². The van der Waals surface area contributed by atoms with Crippen molar-refractivity contribution in [1.82, 2.24) is 9.78 Å². The molecule has 1 fully saturated rings. The molecule has 0 N–H and O–H groups in total. The fourth-order valence-corrected chi connectivity index (χ4v) is 2.79. The normalized spacial score (nSPS) is 15.4. The maximum absolute atomic E-state index is 12.2. The molecule has 0 amide bonds. The van der Waals surface area contributed by atoms with E-state index in [1.807, 2.05) is 25.2 Å². The van der Waals surface area contributed by atoms with E-state index in [1.54, 1.807) is 23.0 Å². The van der Waals surface area contributed by atoms with Crippen molar-refractivity contribution in [3.05, 3.63) is 53.9 Å². The lowest BCUT2D eigenvalue weighted by Gasteiger charge is -2.28. The van der Waals surface area contributed by atoms with Crippen molar-refractivity contribution in [2.24, 2.45) is 7.05 Å². The van der Waals surface area contributed by atoms with E-state index in [4.69, 9.17) is 0 Å². The van der Waals surface area contributed by atoms with Crippen LogP contribution >= 0.6 is 0 Å². The van der Waals surface area contributed by atoms with E-state index in [2.05, 4.69) is 22.1 Å². The highest BCUT2D eigenvalue weighted by Crippen LogP contribution is 2.20. The van der Waals surface area contributed by atoms with Gasteiger partial charge in [-0.1, -0.05) is 0 Å². The lowest BCUT2D eigenvalue weighted by Crippen LogP contribution is -2.29. The van der Waals surface area contributed by atoms with Crippen molar-refractivity contribution in [2.75, 3.05) is 18.0 Å². The molecule has 0 radical (unpaired) electrons. The average Bonchev–Trinajstić information content (AvgIpc) is 2.99. The number of allylic oxidation sites excluding steroid dienone is 1. The molecule has 0 spiro atoms. The van der Waals surface area contributed by atoms with Crippen LogP contribution in [0.25, 0.3) is 6.08 Å². The molecular weight excluding hydrogens is 274 g/mol. The first kappa shape index (κ1) is 14.6. The Labute approximate surface area is 131 Å². The van der Waals surface area contributed by atoms with Crippen LogP contribution in [-0.4, -0.2) is 28.7 Å². The molecule has 2 aromatic rings. The fraction of sp³-hybridized carbons (Fsp3) is 0.333. The van der Waals surface area contributed by atoms with E-state index < -0.39 is 0 Å². The number of hydrogen-bond acceptors (Lipinski definition) is 3. The van der Waals surface area contributed by atoms with Crippen LogP contribution in [0.2, 0.25) is 0 Å². The number of carbonyl (C=O) groups is 1. The molecule has 0 saturated carbocycles. The minimum Gasteiger partial charge on any atom is -0.372 e. The van der Waals surface area contributed by atoms with Crippen molar-refractivity contribution in [1.29, 1.82) is 0 Å². The summed E-state index contributed by atoms with van der Waals surface area (Å²) in [5, 5.41) is 4.08. The van der Waals surface area contributed by atoms with Gasteiger partial charge in [-0.25, -0.2) is 0 Å². The highest BCUT2D eigenvalue weighted by atomic mass is 16.1. The molecule has 1 saturated heterocycles. The van der Waals surface area contributed by atoms with Gasteiger partial charge in [-0.2, -0.15) is 5.10 Å². The monoisotopic (exact) mass is 295 g/mol. The highest BCUT2D eigenvalue weighted by molar-refractivity contribution is 6.06. The summed E-state index contributed by atoms with van der Waals surface area (Å²) in [6.07, 6.45) is 8.96. The molecule has 1 aromatic carbocycles. The molecule has 0 bridgehead atoms. The molecule has 0 aliphatic carbocycles. The molecule has 22 heavy (non-hydrogen) atoms. The molecule has 3 rings (SSSR count). The second-order valence-corrected chi connectivity index (χ2v) is 5.67. The minimum atomic E-state index is 0.0198. The zero-order valence-electron chi connectivity index (χ0n) is 12.9. The van der Waals surface area contributed by atoms with Gasteiger partial charge in [-0.3, -0.25) is 9.48 Å². The molecule has 1 aliphatic rings. The maximum atomic E-state index is 12.2. The van der Waals surface area contributed by atoms with Crippen LogP contribution < -0.4 is 4.90 Å². The van der Waals surface area contributed by atoms with Crippen LogP contribution in [0.15, 0.2) is 42.6 Å². The van der Waals surface area contributed by atoms with Crippen LogP contribution in [0.4, 0.5) is 5.69 Å². The Bertz CT molecular complexity index is 664. The van der Waals surface area contributed by atoms with Gasteiger partial charge < -0.3 is 4.90 Å². The van der Waals surface area contributed by atoms with E-state index in [-0.39, 0.29) is 5.78 Å². The van der Waals surface area contributed by atoms with Crippen LogP contribution in [0, 0.1) is 0 Å². The number of piperidine rings is 1. The van der Waals surface area contributed by atoms with E-state index >= 15 is 0 Å². The van der Waals surface area contributed by atoms with Gasteiger partial charge in [-0.15, -0.1) is 0 Å². The largest absolute Gasteiger partial charge is 0.372 e. The number of ketones is 1. The number of hydrogen-bond donors (Lipinski definition) is 0. The predicted molar refractivity (Wildman–Crippen MR) is 89.1 cm³/mol. The first-order valence-electron chi connectivity index (χ1n) is 7.79. The maximum Gasteiger partial charge on any atom is 0.185 e. The summed E-state index contributed by atoms with van der Waals surface area (Å²) in [6.45, 7) is 2.24. The Balaban J connectivity index is 1.68. The number of benzene rings is 1. The van der Waals surface area contributed by atoms with E-state index in [1.165, 1.54) is 24.9 Å². The summed E-state index contributed by atoms with van der Waals surface area (Å²) >= 11 is 0. The standard InChI is InChI=1S/C18H21N3O/c1-20-16(11-12-19-20)9-10-18(22)15-5-7-17(8-6-15)21-13-3-2-4-14-21/h5-12H,2-4,13-14H2,1H3/b10-9+. The molecule has 4 nitrogen and oxygen atoms in total. The minimum absolute atomic E-state index is 0.0198. The number of rotatable bonds is 4. The van der Waals surface area contributed by atoms with Crippen LogP contribution in [0.3, 0.4) is 0 Å². The third kappa shape index (κ3) is 3.27. The van der Waals surface area contributed by atoms with Crippen molar-refractivity contribution in [3.8, 4) is 0 Å². The molecular formula is C18H21N3O. The smallest absolute Gasteiger partial charge is 0.185 e. The van der Waals surface area contributed by atoms with Crippen LogP contribution in [-0.2, 0) is 7.05 Å². The molecule has 0 unspecified atom stereocenters. The van der Waals surface area contributed by atoms with E-state index in [9.17, 15) is 4.79 Å². The van der Waals surface area contributed by atoms with Gasteiger partial charge in [-0.05, 0) is 61.7 Å². The third-order valence-corrected chi connectivity index (χ3v) is 4.14. The second-order valence-electron chi connectivity index (χ2n) is 5.67. The van der Waals surface area contributed by atoms with E-state index in [0.29, 0.717) is 0 Å². The first-order valence-corrected chi connectivity index (χ1v) is 7.79. The topological polar surface area (TPSA) is 38.1 Å². The van der Waals surface area contributed by atoms with Crippen molar-refractivity contribution >= 4 is 17.5 Å². The first-order chi connectivity index (χ1) is 10.7. The third-order valence-electron chi connectivity index (χ3n) is 4.14. The number of carbonyl (C=O) groups excluding carboxylic acids is 1. The Kier molecular flexibility index (Phi) is 4.37. The van der Waals surface area contributed by atoms with Crippen molar-refractivity contribution in [2.45, 2.75) is 19.3 Å². The lowest BCUT2D eigenvalue weighted by molar-refractivity contribution is 0.104. The molecule has 2 heterocycles. The zero-order valence-corrected chi connectivity index (χ0v) is 12.9. The quantitative estimate of drug-likeness (QED) is 0.641. The predicted octanol–water partition coefficient (Wildman–Crippen LogP) is 3.31. The number of aryl methyl sites for hydroxylation is 1. The Morgan fingerprint density at radius 2 is 1.82 bits per heavy atom. The SMILES string of the molecule is Cn1nccc1/C=C/C(=O)c1ccc(N2CCCCC2)cc1. The Hall–Kier alpha value is -2.36. The van der Waals surface area contributed by atoms with E-state index in [0.717, 1.165) is 24.3 Å². The molecule has 114 valence electrons. The molecule has 1 aromatic heterocycles. The number of anilines is 1. The van der Waals surface area contributed by atoms with Crippen LogP contribution in [0.1, 0.15) is 35.3 Å². The number of aromatic nitrogens is 2. The van der Waals surface area contributed by atoms with Gasteiger partial charge in [0, 0.05) is 37.6 Å². The van der Waals surface area contributed by atoms with Gasteiger partial charge >= 0.3 is 0 Å². The van der Waals surface area contributed by atoms with Gasteiger partial charge in [0.2, 0.25) is 0 Å².